The van der Waals surface area contributed by atoms with Crippen LogP contribution in [0.4, 0.5) is 5.69 Å². The molecule has 1 aliphatic heterocycles. The van der Waals surface area contributed by atoms with Gasteiger partial charge in [-0.25, -0.2) is 8.42 Å². The zero-order chi connectivity index (χ0) is 20.5. The number of rotatable bonds is 6. The third kappa shape index (κ3) is 3.92. The standard InChI is InChI=1S/C22H28N2O3S/c1-16(2)14-17(3)23(4)22(25)19-9-7-10-20(15-19)28(26,27)24-13-12-18-8-5-6-11-21(18)24/h5-11,15-17H,12-14H2,1-4H3. The van der Waals surface area contributed by atoms with Crippen LogP contribution in [0.2, 0.25) is 0 Å². The van der Waals surface area contributed by atoms with Gasteiger partial charge < -0.3 is 4.90 Å². The van der Waals surface area contributed by atoms with Gasteiger partial charge in [0.05, 0.1) is 10.6 Å². The van der Waals surface area contributed by atoms with Crippen molar-refractivity contribution in [1.29, 1.82) is 0 Å². The molecule has 1 amide bonds. The molecule has 2 aromatic rings. The zero-order valence-corrected chi connectivity index (χ0v) is 17.7. The molecule has 2 aromatic carbocycles. The Morgan fingerprint density at radius 2 is 1.82 bits per heavy atom. The lowest BCUT2D eigenvalue weighted by molar-refractivity contribution is 0.0728. The Morgan fingerprint density at radius 3 is 2.54 bits per heavy atom. The van der Waals surface area contributed by atoms with Crippen LogP contribution in [0.5, 0.6) is 0 Å². The second-order valence-electron chi connectivity index (χ2n) is 7.88. The molecule has 0 saturated carbocycles. The highest BCUT2D eigenvalue weighted by atomic mass is 32.2. The molecule has 0 spiro atoms. The minimum atomic E-state index is -3.71. The number of sulfonamides is 1. The average Bonchev–Trinajstić information content (AvgIpc) is 3.11. The van der Waals surface area contributed by atoms with E-state index in [0.717, 1.165) is 17.7 Å². The van der Waals surface area contributed by atoms with Gasteiger partial charge in [-0.1, -0.05) is 38.1 Å². The molecule has 28 heavy (non-hydrogen) atoms. The van der Waals surface area contributed by atoms with Crippen molar-refractivity contribution >= 4 is 21.6 Å². The highest BCUT2D eigenvalue weighted by Crippen LogP contribution is 2.32. The quantitative estimate of drug-likeness (QED) is 0.738. The van der Waals surface area contributed by atoms with Crippen molar-refractivity contribution in [1.82, 2.24) is 4.90 Å². The first-order valence-corrected chi connectivity index (χ1v) is 11.1. The second-order valence-corrected chi connectivity index (χ2v) is 9.74. The van der Waals surface area contributed by atoms with Gasteiger partial charge in [0, 0.05) is 25.2 Å². The summed E-state index contributed by atoms with van der Waals surface area (Å²) in [6.07, 6.45) is 1.59. The van der Waals surface area contributed by atoms with Crippen LogP contribution >= 0.6 is 0 Å². The van der Waals surface area contributed by atoms with Crippen LogP contribution in [0.15, 0.2) is 53.4 Å². The van der Waals surface area contributed by atoms with Gasteiger partial charge in [-0.05, 0) is 55.5 Å². The second kappa shape index (κ2) is 7.95. The summed E-state index contributed by atoms with van der Waals surface area (Å²) >= 11 is 0. The summed E-state index contributed by atoms with van der Waals surface area (Å²) in [7, 11) is -1.94. The minimum absolute atomic E-state index is 0.0817. The molecular weight excluding hydrogens is 372 g/mol. The summed E-state index contributed by atoms with van der Waals surface area (Å²) in [5.41, 5.74) is 2.15. The molecule has 1 unspecified atom stereocenters. The van der Waals surface area contributed by atoms with Gasteiger partial charge in [0.25, 0.3) is 15.9 Å². The van der Waals surface area contributed by atoms with E-state index in [2.05, 4.69) is 13.8 Å². The molecule has 150 valence electrons. The van der Waals surface area contributed by atoms with E-state index in [-0.39, 0.29) is 16.8 Å². The largest absolute Gasteiger partial charge is 0.339 e. The Balaban J connectivity index is 1.88. The molecule has 5 nitrogen and oxygen atoms in total. The third-order valence-electron chi connectivity index (χ3n) is 5.31. The number of carbonyl (C=O) groups is 1. The summed E-state index contributed by atoms with van der Waals surface area (Å²) in [6.45, 7) is 6.68. The number of para-hydroxylation sites is 1. The van der Waals surface area contributed by atoms with Crippen LogP contribution in [-0.2, 0) is 16.4 Å². The first-order chi connectivity index (χ1) is 13.2. The van der Waals surface area contributed by atoms with Crippen LogP contribution in [0.25, 0.3) is 0 Å². The van der Waals surface area contributed by atoms with E-state index in [1.54, 1.807) is 30.1 Å². The third-order valence-corrected chi connectivity index (χ3v) is 7.12. The van der Waals surface area contributed by atoms with E-state index in [9.17, 15) is 13.2 Å². The van der Waals surface area contributed by atoms with Crippen molar-refractivity contribution < 1.29 is 13.2 Å². The molecule has 0 saturated heterocycles. The molecule has 3 rings (SSSR count). The van der Waals surface area contributed by atoms with Crippen molar-refractivity contribution in [3.8, 4) is 0 Å². The number of amides is 1. The monoisotopic (exact) mass is 400 g/mol. The number of benzene rings is 2. The first kappa shape index (κ1) is 20.4. The van der Waals surface area contributed by atoms with E-state index < -0.39 is 10.0 Å². The van der Waals surface area contributed by atoms with Gasteiger partial charge in [0.1, 0.15) is 0 Å². The van der Waals surface area contributed by atoms with Gasteiger partial charge in [-0.15, -0.1) is 0 Å². The maximum Gasteiger partial charge on any atom is 0.264 e. The fourth-order valence-corrected chi connectivity index (χ4v) is 5.27. The summed E-state index contributed by atoms with van der Waals surface area (Å²) in [6, 6.07) is 14.0. The van der Waals surface area contributed by atoms with Crippen molar-refractivity contribution in [2.45, 2.75) is 44.6 Å². The molecule has 0 fully saturated rings. The van der Waals surface area contributed by atoms with E-state index in [1.807, 2.05) is 31.2 Å². The van der Waals surface area contributed by atoms with Gasteiger partial charge >= 0.3 is 0 Å². The van der Waals surface area contributed by atoms with Crippen molar-refractivity contribution in [2.75, 3.05) is 17.9 Å². The molecule has 0 aliphatic carbocycles. The van der Waals surface area contributed by atoms with E-state index in [4.69, 9.17) is 0 Å². The Bertz CT molecular complexity index is 969. The maximum atomic E-state index is 13.2. The molecule has 0 N–H and O–H groups in total. The highest BCUT2D eigenvalue weighted by Gasteiger charge is 2.31. The first-order valence-electron chi connectivity index (χ1n) is 9.69. The molecule has 1 atom stereocenters. The number of hydrogen-bond donors (Lipinski definition) is 0. The average molecular weight is 401 g/mol. The predicted octanol–water partition coefficient (Wildman–Crippen LogP) is 3.94. The summed E-state index contributed by atoms with van der Waals surface area (Å²) < 4.78 is 27.9. The number of hydrogen-bond acceptors (Lipinski definition) is 3. The van der Waals surface area contributed by atoms with Gasteiger partial charge in [0.2, 0.25) is 0 Å². The van der Waals surface area contributed by atoms with Crippen molar-refractivity contribution in [3.05, 3.63) is 59.7 Å². The van der Waals surface area contributed by atoms with Crippen LogP contribution in [0.3, 0.4) is 0 Å². The minimum Gasteiger partial charge on any atom is -0.339 e. The van der Waals surface area contributed by atoms with Crippen LogP contribution in [0.1, 0.15) is 43.1 Å². The molecule has 0 radical (unpaired) electrons. The Hall–Kier alpha value is -2.34. The molecule has 1 aliphatic rings. The summed E-state index contributed by atoms with van der Waals surface area (Å²) in [5, 5.41) is 0. The predicted molar refractivity (Wildman–Crippen MR) is 112 cm³/mol. The summed E-state index contributed by atoms with van der Waals surface area (Å²) in [4.78, 5) is 14.7. The zero-order valence-electron chi connectivity index (χ0n) is 16.9. The number of carbonyl (C=O) groups excluding carboxylic acids is 1. The fourth-order valence-electron chi connectivity index (χ4n) is 3.72. The molecule has 0 bridgehead atoms. The van der Waals surface area contributed by atoms with Crippen molar-refractivity contribution in [2.24, 2.45) is 5.92 Å². The fraction of sp³-hybridized carbons (Fsp3) is 0.409. The van der Waals surface area contributed by atoms with E-state index in [1.165, 1.54) is 10.4 Å². The Kier molecular flexibility index (Phi) is 5.79. The Labute approximate surface area is 168 Å². The highest BCUT2D eigenvalue weighted by molar-refractivity contribution is 7.92. The van der Waals surface area contributed by atoms with Crippen molar-refractivity contribution in [3.63, 3.8) is 0 Å². The van der Waals surface area contributed by atoms with Gasteiger partial charge in [0.15, 0.2) is 0 Å². The number of fused-ring (bicyclic) bond motifs is 1. The lowest BCUT2D eigenvalue weighted by Gasteiger charge is -2.26. The SMILES string of the molecule is CC(C)CC(C)N(C)C(=O)c1cccc(S(=O)(=O)N2CCc3ccccc32)c1. The summed E-state index contributed by atoms with van der Waals surface area (Å²) in [5.74, 6) is 0.319. The normalized spacial score (nSPS) is 14.8. The van der Waals surface area contributed by atoms with E-state index in [0.29, 0.717) is 24.4 Å². The lowest BCUT2D eigenvalue weighted by Crippen LogP contribution is -2.36. The van der Waals surface area contributed by atoms with Crippen LogP contribution in [0, 0.1) is 5.92 Å². The molecule has 1 heterocycles. The Morgan fingerprint density at radius 1 is 1.11 bits per heavy atom. The van der Waals surface area contributed by atoms with Gasteiger partial charge in [-0.3, -0.25) is 9.10 Å². The molecule has 6 heteroatoms. The lowest BCUT2D eigenvalue weighted by atomic mass is 10.0. The van der Waals surface area contributed by atoms with Crippen LogP contribution in [-0.4, -0.2) is 38.9 Å². The van der Waals surface area contributed by atoms with Gasteiger partial charge in [-0.2, -0.15) is 0 Å². The number of anilines is 1. The maximum absolute atomic E-state index is 13.2. The van der Waals surface area contributed by atoms with Crippen LogP contribution < -0.4 is 4.31 Å². The molecule has 0 aromatic heterocycles. The topological polar surface area (TPSA) is 57.7 Å². The van der Waals surface area contributed by atoms with E-state index >= 15 is 0 Å². The number of nitrogens with zero attached hydrogens (tertiary/aromatic N) is 2. The smallest absolute Gasteiger partial charge is 0.264 e. The molecular formula is C22H28N2O3S.